The molecule has 0 radical (unpaired) electrons. The second-order valence-electron chi connectivity index (χ2n) is 4.87. The average molecular weight is 260 g/mol. The Labute approximate surface area is 105 Å². The molecule has 0 aromatic heterocycles. The Morgan fingerprint density at radius 3 is 2.22 bits per heavy atom. The van der Waals surface area contributed by atoms with Gasteiger partial charge in [0.1, 0.15) is 0 Å². The summed E-state index contributed by atoms with van der Waals surface area (Å²) in [4.78, 5) is 0. The summed E-state index contributed by atoms with van der Waals surface area (Å²) in [5.41, 5.74) is 2.53. The summed E-state index contributed by atoms with van der Waals surface area (Å²) < 4.78 is 37.9. The third-order valence-corrected chi connectivity index (χ3v) is 3.33. The molecule has 0 amide bonds. The van der Waals surface area contributed by atoms with Crippen molar-refractivity contribution in [2.24, 2.45) is 17.7 Å². The van der Waals surface area contributed by atoms with Crippen molar-refractivity contribution in [1.82, 2.24) is 5.43 Å². The molecule has 0 aliphatic carbocycles. The van der Waals surface area contributed by atoms with Gasteiger partial charge in [0.2, 0.25) is 0 Å². The molecule has 2 unspecified atom stereocenters. The lowest BCUT2D eigenvalue weighted by atomic mass is 9.86. The van der Waals surface area contributed by atoms with E-state index >= 15 is 0 Å². The van der Waals surface area contributed by atoms with Crippen molar-refractivity contribution in [3.63, 3.8) is 0 Å². The van der Waals surface area contributed by atoms with Gasteiger partial charge in [-0.05, 0) is 29.5 Å². The largest absolute Gasteiger partial charge is 0.416 e. The quantitative estimate of drug-likeness (QED) is 0.642. The van der Waals surface area contributed by atoms with E-state index in [1.807, 2.05) is 20.8 Å². The van der Waals surface area contributed by atoms with Gasteiger partial charge in [-0.1, -0.05) is 32.9 Å². The van der Waals surface area contributed by atoms with Gasteiger partial charge in [-0.25, -0.2) is 0 Å². The molecule has 0 spiro atoms. The highest BCUT2D eigenvalue weighted by atomic mass is 19.4. The molecule has 102 valence electrons. The van der Waals surface area contributed by atoms with Gasteiger partial charge in [0, 0.05) is 6.04 Å². The van der Waals surface area contributed by atoms with Gasteiger partial charge < -0.3 is 0 Å². The fourth-order valence-electron chi connectivity index (χ4n) is 1.84. The van der Waals surface area contributed by atoms with E-state index in [0.717, 1.165) is 12.1 Å². The third-order valence-electron chi connectivity index (χ3n) is 3.33. The van der Waals surface area contributed by atoms with Gasteiger partial charge in [-0.2, -0.15) is 13.2 Å². The third kappa shape index (κ3) is 3.46. The number of rotatable bonds is 4. The summed E-state index contributed by atoms with van der Waals surface area (Å²) in [6, 6.07) is 5.02. The smallest absolute Gasteiger partial charge is 0.271 e. The van der Waals surface area contributed by atoms with Crippen LogP contribution in [0.3, 0.4) is 0 Å². The summed E-state index contributed by atoms with van der Waals surface area (Å²) in [6.45, 7) is 6.00. The SMILES string of the molecule is CC(C)C(C)C(NN)c1cccc(C(F)(F)F)c1. The number of halogens is 3. The number of alkyl halides is 3. The highest BCUT2D eigenvalue weighted by Gasteiger charge is 2.31. The van der Waals surface area contributed by atoms with Crippen LogP contribution in [0.25, 0.3) is 0 Å². The van der Waals surface area contributed by atoms with Crippen molar-refractivity contribution >= 4 is 0 Å². The van der Waals surface area contributed by atoms with Crippen LogP contribution < -0.4 is 11.3 Å². The van der Waals surface area contributed by atoms with E-state index < -0.39 is 11.7 Å². The van der Waals surface area contributed by atoms with Crippen molar-refractivity contribution in [2.75, 3.05) is 0 Å². The van der Waals surface area contributed by atoms with E-state index in [9.17, 15) is 13.2 Å². The molecular formula is C13H19F3N2. The highest BCUT2D eigenvalue weighted by Crippen LogP contribution is 2.33. The molecule has 0 aliphatic rings. The molecule has 1 aromatic rings. The number of nitrogens with one attached hydrogen (secondary N) is 1. The van der Waals surface area contributed by atoms with E-state index in [1.165, 1.54) is 6.07 Å². The molecule has 0 saturated heterocycles. The predicted molar refractivity (Wildman–Crippen MR) is 65.5 cm³/mol. The molecule has 3 N–H and O–H groups in total. The second-order valence-corrected chi connectivity index (χ2v) is 4.87. The number of nitrogens with two attached hydrogens (primary N) is 1. The maximum Gasteiger partial charge on any atom is 0.416 e. The highest BCUT2D eigenvalue weighted by molar-refractivity contribution is 5.28. The number of hydrogen-bond donors (Lipinski definition) is 2. The molecule has 2 atom stereocenters. The zero-order valence-electron chi connectivity index (χ0n) is 10.8. The van der Waals surface area contributed by atoms with Crippen molar-refractivity contribution in [2.45, 2.75) is 33.0 Å². The molecule has 0 bridgehead atoms. The van der Waals surface area contributed by atoms with Gasteiger partial charge in [0.25, 0.3) is 0 Å². The predicted octanol–water partition coefficient (Wildman–Crippen LogP) is 3.50. The maximum absolute atomic E-state index is 12.6. The fraction of sp³-hybridized carbons (Fsp3) is 0.538. The van der Waals surface area contributed by atoms with Gasteiger partial charge in [0.15, 0.2) is 0 Å². The van der Waals surface area contributed by atoms with Crippen LogP contribution >= 0.6 is 0 Å². The van der Waals surface area contributed by atoms with Crippen molar-refractivity contribution in [3.8, 4) is 0 Å². The minimum Gasteiger partial charge on any atom is -0.271 e. The molecule has 0 aliphatic heterocycles. The first kappa shape index (κ1) is 15.0. The van der Waals surface area contributed by atoms with Gasteiger partial charge in [-0.3, -0.25) is 11.3 Å². The van der Waals surface area contributed by atoms with Crippen molar-refractivity contribution < 1.29 is 13.2 Å². The maximum atomic E-state index is 12.6. The number of hydrazine groups is 1. The molecule has 1 rings (SSSR count). The Bertz CT molecular complexity index is 388. The van der Waals surface area contributed by atoms with E-state index in [1.54, 1.807) is 6.07 Å². The number of benzene rings is 1. The monoisotopic (exact) mass is 260 g/mol. The van der Waals surface area contributed by atoms with Crippen LogP contribution in [0.4, 0.5) is 13.2 Å². The minimum absolute atomic E-state index is 0.137. The van der Waals surface area contributed by atoms with Crippen LogP contribution in [0.2, 0.25) is 0 Å². The zero-order valence-corrected chi connectivity index (χ0v) is 10.8. The molecular weight excluding hydrogens is 241 g/mol. The van der Waals surface area contributed by atoms with E-state index in [-0.39, 0.29) is 12.0 Å². The van der Waals surface area contributed by atoms with Crippen LogP contribution in [0.15, 0.2) is 24.3 Å². The van der Waals surface area contributed by atoms with Gasteiger partial charge >= 0.3 is 6.18 Å². The first-order valence-electron chi connectivity index (χ1n) is 5.90. The first-order chi connectivity index (χ1) is 8.27. The van der Waals surface area contributed by atoms with E-state index in [4.69, 9.17) is 5.84 Å². The van der Waals surface area contributed by atoms with Gasteiger partial charge in [0.05, 0.1) is 5.56 Å². The molecule has 0 fully saturated rings. The van der Waals surface area contributed by atoms with Crippen molar-refractivity contribution in [3.05, 3.63) is 35.4 Å². The summed E-state index contributed by atoms with van der Waals surface area (Å²) in [7, 11) is 0. The Balaban J connectivity index is 3.08. The van der Waals surface area contributed by atoms with Crippen LogP contribution in [0, 0.1) is 11.8 Å². The lowest BCUT2D eigenvalue weighted by Gasteiger charge is -2.27. The first-order valence-corrected chi connectivity index (χ1v) is 5.90. The molecule has 0 saturated carbocycles. The summed E-state index contributed by atoms with van der Waals surface area (Å²) in [5.74, 6) is 5.93. The lowest BCUT2D eigenvalue weighted by Crippen LogP contribution is -2.34. The molecule has 18 heavy (non-hydrogen) atoms. The summed E-state index contributed by atoms with van der Waals surface area (Å²) in [5, 5.41) is 0. The zero-order chi connectivity index (χ0) is 13.9. The van der Waals surface area contributed by atoms with Crippen LogP contribution in [-0.2, 0) is 6.18 Å². The molecule has 2 nitrogen and oxygen atoms in total. The lowest BCUT2D eigenvalue weighted by molar-refractivity contribution is -0.137. The minimum atomic E-state index is -4.32. The Morgan fingerprint density at radius 2 is 1.78 bits per heavy atom. The van der Waals surface area contributed by atoms with Crippen molar-refractivity contribution in [1.29, 1.82) is 0 Å². The average Bonchev–Trinajstić information content (AvgIpc) is 2.29. The fourth-order valence-corrected chi connectivity index (χ4v) is 1.84. The second kappa shape index (κ2) is 5.71. The standard InChI is InChI=1S/C13H19F3N2/c1-8(2)9(3)12(18-17)10-5-4-6-11(7-10)13(14,15)16/h4-9,12,18H,17H2,1-3H3. The summed E-state index contributed by atoms with van der Waals surface area (Å²) >= 11 is 0. The number of hydrogen-bond acceptors (Lipinski definition) is 2. The Morgan fingerprint density at radius 1 is 1.17 bits per heavy atom. The summed E-state index contributed by atoms with van der Waals surface area (Å²) in [6.07, 6.45) is -4.32. The van der Waals surface area contributed by atoms with E-state index in [0.29, 0.717) is 11.5 Å². The molecule has 0 heterocycles. The molecule has 5 heteroatoms. The topological polar surface area (TPSA) is 38.0 Å². The van der Waals surface area contributed by atoms with E-state index in [2.05, 4.69) is 5.43 Å². The van der Waals surface area contributed by atoms with Crippen LogP contribution in [0.5, 0.6) is 0 Å². The Hall–Kier alpha value is -1.07. The van der Waals surface area contributed by atoms with Crippen LogP contribution in [0.1, 0.15) is 37.9 Å². The Kier molecular flexibility index (Phi) is 4.76. The van der Waals surface area contributed by atoms with Crippen LogP contribution in [-0.4, -0.2) is 0 Å². The normalized spacial score (nSPS) is 15.8. The molecule has 1 aromatic carbocycles. The van der Waals surface area contributed by atoms with Gasteiger partial charge in [-0.15, -0.1) is 0 Å².